The largest absolute Gasteiger partial charge is 0.554 e. The molecule has 0 fully saturated rings. The lowest BCUT2D eigenvalue weighted by atomic mass is 9.89. The highest BCUT2D eigenvalue weighted by Gasteiger charge is 2.38. The number of hydrogen-bond acceptors (Lipinski definition) is 7. The van der Waals surface area contributed by atoms with Gasteiger partial charge in [-0.15, -0.1) is 5.10 Å². The van der Waals surface area contributed by atoms with E-state index in [0.29, 0.717) is 29.8 Å². The summed E-state index contributed by atoms with van der Waals surface area (Å²) in [5, 5.41) is 24.6. The second kappa shape index (κ2) is 13.4. The molecule has 1 aliphatic rings. The first-order valence-electron chi connectivity index (χ1n) is 13.5. The summed E-state index contributed by atoms with van der Waals surface area (Å²) in [6.07, 6.45) is 1.99. The fourth-order valence-corrected chi connectivity index (χ4v) is 5.30. The predicted octanol–water partition coefficient (Wildman–Crippen LogP) is 2.84. The maximum absolute atomic E-state index is 13.6. The predicted molar refractivity (Wildman–Crippen MR) is 150 cm³/mol. The van der Waals surface area contributed by atoms with Crippen LogP contribution in [0.15, 0.2) is 77.3 Å². The first-order chi connectivity index (χ1) is 21.1. The molecule has 0 unspecified atom stereocenters. The maximum atomic E-state index is 13.6. The number of aryl methyl sites for hydroxylation is 3. The number of carboxylic acid groups (broad SMARTS) is 1. The number of imidazole rings is 1. The molecule has 11 nitrogen and oxygen atoms in total. The minimum atomic E-state index is -4.54. The lowest BCUT2D eigenvalue weighted by Crippen LogP contribution is -2.37. The molecule has 3 heterocycles. The number of benzene rings is 2. The third-order valence-electron chi connectivity index (χ3n) is 7.32. The number of carbonyl (C=O) groups excluding carboxylic acids is 1. The van der Waals surface area contributed by atoms with Crippen LogP contribution < -0.4 is 20.3 Å². The van der Waals surface area contributed by atoms with Gasteiger partial charge in [0.05, 0.1) is 42.9 Å². The number of anilines is 2. The summed E-state index contributed by atoms with van der Waals surface area (Å²) in [7, 11) is 1.52. The van der Waals surface area contributed by atoms with Crippen LogP contribution in [0.4, 0.5) is 24.8 Å². The molecule has 5 rings (SSSR count). The van der Waals surface area contributed by atoms with Gasteiger partial charge in [-0.2, -0.15) is 18.4 Å². The first-order valence-corrected chi connectivity index (χ1v) is 13.5. The minimum absolute atomic E-state index is 0.108. The number of aromatic amines is 1. The van der Waals surface area contributed by atoms with Crippen molar-refractivity contribution in [3.63, 3.8) is 0 Å². The van der Waals surface area contributed by atoms with Gasteiger partial charge in [-0.05, 0) is 55.3 Å². The van der Waals surface area contributed by atoms with E-state index in [0.717, 1.165) is 29.8 Å². The van der Waals surface area contributed by atoms with E-state index in [1.165, 1.54) is 22.6 Å². The van der Waals surface area contributed by atoms with E-state index >= 15 is 0 Å². The summed E-state index contributed by atoms with van der Waals surface area (Å²) in [5.74, 6) is 0.154. The SMILES string of the molecule is CCn1cc[n+](CCc2cc(C#N)ccc2[C@@H]2C(COC)=C(C)N(c3cccc(C(F)(F)F)c3)c3n[nH]c(=O)n32)c1.O=C[O-]. The van der Waals surface area contributed by atoms with Crippen LogP contribution >= 0.6 is 0 Å². The molecule has 230 valence electrons. The molecule has 1 N–H and O–H groups in total. The lowest BCUT2D eigenvalue weighted by molar-refractivity contribution is -0.696. The maximum Gasteiger partial charge on any atom is 0.416 e. The molecular weight excluding hydrogens is 579 g/mol. The quantitative estimate of drug-likeness (QED) is 0.240. The summed E-state index contributed by atoms with van der Waals surface area (Å²) in [4.78, 5) is 23.1. The molecule has 0 radical (unpaired) electrons. The molecular formula is C30H30F3N7O4. The van der Waals surface area contributed by atoms with Crippen LogP contribution in [0.3, 0.4) is 0 Å². The second-order valence-electron chi connectivity index (χ2n) is 9.88. The van der Waals surface area contributed by atoms with Gasteiger partial charge in [0.15, 0.2) is 0 Å². The van der Waals surface area contributed by atoms with Gasteiger partial charge in [0.2, 0.25) is 12.3 Å². The molecule has 0 spiro atoms. The Balaban J connectivity index is 0.00000141. The van der Waals surface area contributed by atoms with Crippen LogP contribution in [0, 0.1) is 11.3 Å². The van der Waals surface area contributed by atoms with Crippen molar-refractivity contribution < 1.29 is 32.4 Å². The number of ether oxygens (including phenoxy) is 1. The number of H-pyrrole nitrogens is 1. The fraction of sp³-hybridized carbons (Fsp3) is 0.300. The van der Waals surface area contributed by atoms with Gasteiger partial charge in [-0.1, -0.05) is 12.1 Å². The number of allylic oxidation sites excluding steroid dienone is 1. The van der Waals surface area contributed by atoms with Crippen LogP contribution in [-0.4, -0.2) is 39.5 Å². The number of nitrogens with one attached hydrogen (secondary N) is 1. The van der Waals surface area contributed by atoms with Gasteiger partial charge in [-0.25, -0.2) is 23.6 Å². The summed E-state index contributed by atoms with van der Waals surface area (Å²) >= 11 is 0. The molecule has 0 amide bonds. The van der Waals surface area contributed by atoms with Crippen molar-refractivity contribution in [1.29, 1.82) is 5.26 Å². The zero-order chi connectivity index (χ0) is 32.0. The summed E-state index contributed by atoms with van der Waals surface area (Å²) in [5.41, 5.74) is 2.26. The number of methoxy groups -OCH3 is 1. The van der Waals surface area contributed by atoms with Crippen molar-refractivity contribution in [1.82, 2.24) is 19.3 Å². The monoisotopic (exact) mass is 609 g/mol. The van der Waals surface area contributed by atoms with Gasteiger partial charge >= 0.3 is 11.9 Å². The van der Waals surface area contributed by atoms with E-state index in [4.69, 9.17) is 14.6 Å². The Bertz CT molecular complexity index is 1760. The topological polar surface area (TPSA) is 136 Å². The van der Waals surface area contributed by atoms with E-state index in [2.05, 4.69) is 32.3 Å². The molecule has 44 heavy (non-hydrogen) atoms. The Hall–Kier alpha value is -5.16. The van der Waals surface area contributed by atoms with E-state index in [9.17, 15) is 23.2 Å². The number of nitriles is 1. The number of halogens is 3. The van der Waals surface area contributed by atoms with Gasteiger partial charge in [0, 0.05) is 37.0 Å². The van der Waals surface area contributed by atoms with Gasteiger partial charge in [0.25, 0.3) is 0 Å². The first kappa shape index (κ1) is 31.8. The average molecular weight is 610 g/mol. The van der Waals surface area contributed by atoms with Crippen molar-refractivity contribution in [2.75, 3.05) is 18.6 Å². The molecule has 0 saturated carbocycles. The number of aromatic nitrogens is 5. The summed E-state index contributed by atoms with van der Waals surface area (Å²) in [6, 6.07) is 11.8. The van der Waals surface area contributed by atoms with Gasteiger partial charge in [-0.3, -0.25) is 4.90 Å². The number of hydrogen-bond donors (Lipinski definition) is 1. The smallest absolute Gasteiger partial charge is 0.416 e. The Morgan fingerprint density at radius 1 is 1.25 bits per heavy atom. The number of rotatable bonds is 8. The fourth-order valence-electron chi connectivity index (χ4n) is 5.30. The molecule has 2 aromatic carbocycles. The van der Waals surface area contributed by atoms with Crippen LogP contribution in [-0.2, 0) is 35.2 Å². The Labute approximate surface area is 250 Å². The van der Waals surface area contributed by atoms with Crippen LogP contribution in [0.25, 0.3) is 0 Å². The second-order valence-corrected chi connectivity index (χ2v) is 9.88. The highest BCUT2D eigenvalue weighted by molar-refractivity contribution is 5.67. The molecule has 1 atom stereocenters. The summed E-state index contributed by atoms with van der Waals surface area (Å²) in [6.45, 7) is 4.90. The molecule has 4 aromatic rings. The van der Waals surface area contributed by atoms with E-state index < -0.39 is 29.9 Å². The van der Waals surface area contributed by atoms with Crippen LogP contribution in [0.5, 0.6) is 0 Å². The van der Waals surface area contributed by atoms with Crippen LogP contribution in [0.2, 0.25) is 0 Å². The van der Waals surface area contributed by atoms with Crippen molar-refractivity contribution in [2.24, 2.45) is 0 Å². The lowest BCUT2D eigenvalue weighted by Gasteiger charge is -2.37. The Morgan fingerprint density at radius 3 is 2.64 bits per heavy atom. The van der Waals surface area contributed by atoms with Crippen molar-refractivity contribution >= 4 is 18.1 Å². The number of fused-ring (bicyclic) bond motifs is 1. The third kappa shape index (κ3) is 6.42. The number of alkyl halides is 3. The highest BCUT2D eigenvalue weighted by atomic mass is 19.4. The molecule has 0 bridgehead atoms. The molecule has 1 aliphatic heterocycles. The average Bonchev–Trinajstić information content (AvgIpc) is 3.63. The standard InChI is InChI=1S/C29H28F3N7O2.CH2O2/c1-4-36-12-13-37(18-36)11-10-21-14-20(16-33)8-9-24(21)26-25(17-41-3)19(2)38(27-34-35-28(40)39(26)27)23-7-5-6-22(15-23)29(30,31)32;2-1-3/h5-9,12-15,18,26H,4,10-11,17H2,1-3H3;1H,(H,2,3)/t26-;/m1./s1. The zero-order valence-electron chi connectivity index (χ0n) is 24.2. The molecule has 14 heteroatoms. The third-order valence-corrected chi connectivity index (χ3v) is 7.32. The van der Waals surface area contributed by atoms with Crippen molar-refractivity contribution in [3.8, 4) is 6.07 Å². The zero-order valence-corrected chi connectivity index (χ0v) is 24.2. The van der Waals surface area contributed by atoms with Crippen molar-refractivity contribution in [3.05, 3.63) is 105 Å². The highest BCUT2D eigenvalue weighted by Crippen LogP contribution is 2.43. The number of carbonyl (C=O) groups is 1. The van der Waals surface area contributed by atoms with Gasteiger partial charge in [0.1, 0.15) is 12.4 Å². The summed E-state index contributed by atoms with van der Waals surface area (Å²) < 4.78 is 51.8. The van der Waals surface area contributed by atoms with E-state index in [1.807, 2.05) is 30.9 Å². The number of nitrogens with zero attached hydrogens (tertiary/aromatic N) is 6. The molecule has 2 aromatic heterocycles. The molecule has 0 aliphatic carbocycles. The van der Waals surface area contributed by atoms with E-state index in [-0.39, 0.29) is 18.2 Å². The van der Waals surface area contributed by atoms with Crippen LogP contribution in [0.1, 0.15) is 42.1 Å². The van der Waals surface area contributed by atoms with E-state index in [1.54, 1.807) is 19.1 Å². The van der Waals surface area contributed by atoms with Crippen molar-refractivity contribution in [2.45, 2.75) is 45.6 Å². The Morgan fingerprint density at radius 2 is 2.00 bits per heavy atom. The minimum Gasteiger partial charge on any atom is -0.554 e. The Kier molecular flexibility index (Phi) is 9.70. The normalized spacial score (nSPS) is 14.5. The molecule has 0 saturated heterocycles. The van der Waals surface area contributed by atoms with Gasteiger partial charge < -0.3 is 14.6 Å².